The first-order chi connectivity index (χ1) is 15.8. The Morgan fingerprint density at radius 1 is 1.21 bits per heavy atom. The third-order valence-corrected chi connectivity index (χ3v) is 7.80. The van der Waals surface area contributed by atoms with Gasteiger partial charge >= 0.3 is 0 Å². The zero-order valence-electron chi connectivity index (χ0n) is 18.8. The van der Waals surface area contributed by atoms with E-state index in [1.54, 1.807) is 30.1 Å². The van der Waals surface area contributed by atoms with E-state index in [0.29, 0.717) is 30.4 Å². The van der Waals surface area contributed by atoms with Crippen molar-refractivity contribution in [1.29, 1.82) is 0 Å². The topological polar surface area (TPSA) is 91.9 Å². The van der Waals surface area contributed by atoms with Crippen molar-refractivity contribution >= 4 is 31.8 Å². The van der Waals surface area contributed by atoms with E-state index in [0.717, 1.165) is 34.8 Å². The first-order valence-electron chi connectivity index (χ1n) is 11.0. The summed E-state index contributed by atoms with van der Waals surface area (Å²) < 4.78 is 47.5. The molecule has 0 saturated carbocycles. The molecular formula is C23H26FN5O3S. The third kappa shape index (κ3) is 3.71. The lowest BCUT2D eigenvalue weighted by molar-refractivity contribution is 0.0525. The Kier molecular flexibility index (Phi) is 5.44. The van der Waals surface area contributed by atoms with Crippen LogP contribution >= 0.6 is 0 Å². The van der Waals surface area contributed by atoms with E-state index in [1.165, 1.54) is 6.26 Å². The number of nitrogens with zero attached hydrogens (tertiary/aromatic N) is 5. The lowest BCUT2D eigenvalue weighted by atomic mass is 9.92. The Morgan fingerprint density at radius 2 is 1.97 bits per heavy atom. The van der Waals surface area contributed by atoms with Gasteiger partial charge < -0.3 is 9.30 Å². The highest BCUT2D eigenvalue weighted by Crippen LogP contribution is 2.38. The van der Waals surface area contributed by atoms with Crippen molar-refractivity contribution in [2.75, 3.05) is 19.5 Å². The maximum atomic E-state index is 13.6. The molecule has 0 spiro atoms. The number of benzene rings is 1. The first-order valence-corrected chi connectivity index (χ1v) is 12.8. The Labute approximate surface area is 191 Å². The molecule has 33 heavy (non-hydrogen) atoms. The second kappa shape index (κ2) is 8.18. The summed E-state index contributed by atoms with van der Waals surface area (Å²) in [5.41, 5.74) is 4.04. The summed E-state index contributed by atoms with van der Waals surface area (Å²) in [6.45, 7) is 2.86. The fourth-order valence-electron chi connectivity index (χ4n) is 4.94. The molecule has 1 aliphatic rings. The van der Waals surface area contributed by atoms with Crippen molar-refractivity contribution in [3.63, 3.8) is 0 Å². The average Bonchev–Trinajstić information content (AvgIpc) is 3.34. The Hall–Kier alpha value is -2.85. The lowest BCUT2D eigenvalue weighted by Crippen LogP contribution is -2.24. The largest absolute Gasteiger partial charge is 0.381 e. The molecule has 0 radical (unpaired) electrons. The Balaban J connectivity index is 1.79. The molecule has 1 saturated heterocycles. The lowest BCUT2D eigenvalue weighted by Gasteiger charge is -2.30. The molecule has 0 bridgehead atoms. The summed E-state index contributed by atoms with van der Waals surface area (Å²) in [6, 6.07) is 7.26. The van der Waals surface area contributed by atoms with Gasteiger partial charge in [-0.3, -0.25) is 4.98 Å². The number of halogens is 1. The maximum absolute atomic E-state index is 13.6. The minimum Gasteiger partial charge on any atom is -0.381 e. The number of hydrogen-bond acceptors (Lipinski definition) is 6. The predicted molar refractivity (Wildman–Crippen MR) is 123 cm³/mol. The highest BCUT2D eigenvalue weighted by atomic mass is 32.2. The van der Waals surface area contributed by atoms with Crippen LogP contribution in [0.4, 0.5) is 4.39 Å². The quantitative estimate of drug-likeness (QED) is 0.439. The number of pyridine rings is 1. The van der Waals surface area contributed by atoms with E-state index in [-0.39, 0.29) is 16.6 Å². The van der Waals surface area contributed by atoms with E-state index in [4.69, 9.17) is 9.72 Å². The van der Waals surface area contributed by atoms with Gasteiger partial charge in [0.2, 0.25) is 0 Å². The van der Waals surface area contributed by atoms with Crippen LogP contribution in [0.2, 0.25) is 0 Å². The number of alkyl halides is 1. The molecule has 0 aliphatic carbocycles. The molecule has 1 aromatic carbocycles. The van der Waals surface area contributed by atoms with E-state index in [2.05, 4.69) is 21.8 Å². The number of rotatable bonds is 5. The van der Waals surface area contributed by atoms with Gasteiger partial charge in [-0.1, -0.05) is 5.21 Å². The van der Waals surface area contributed by atoms with Crippen LogP contribution in [-0.2, 0) is 28.3 Å². The second-order valence-electron chi connectivity index (χ2n) is 8.75. The van der Waals surface area contributed by atoms with Crippen LogP contribution in [0.3, 0.4) is 0 Å². The van der Waals surface area contributed by atoms with E-state index >= 15 is 0 Å². The monoisotopic (exact) mass is 471 g/mol. The van der Waals surface area contributed by atoms with Crippen molar-refractivity contribution in [2.45, 2.75) is 37.4 Å². The van der Waals surface area contributed by atoms with Crippen LogP contribution in [0, 0.1) is 5.92 Å². The summed E-state index contributed by atoms with van der Waals surface area (Å²) >= 11 is 0. The Morgan fingerprint density at radius 3 is 2.67 bits per heavy atom. The van der Waals surface area contributed by atoms with Crippen LogP contribution in [0.1, 0.15) is 31.5 Å². The highest BCUT2D eigenvalue weighted by molar-refractivity contribution is 7.90. The van der Waals surface area contributed by atoms with Crippen LogP contribution < -0.4 is 0 Å². The molecule has 0 unspecified atom stereocenters. The Bertz CT molecular complexity index is 1450. The van der Waals surface area contributed by atoms with Gasteiger partial charge in [0, 0.05) is 49.7 Å². The van der Waals surface area contributed by atoms with Gasteiger partial charge in [-0.05, 0) is 49.9 Å². The molecule has 1 fully saturated rings. The van der Waals surface area contributed by atoms with Gasteiger partial charge in [0.25, 0.3) is 0 Å². The summed E-state index contributed by atoms with van der Waals surface area (Å²) in [5, 5.41) is 8.78. The molecule has 0 amide bonds. The van der Waals surface area contributed by atoms with Crippen LogP contribution in [-0.4, -0.2) is 52.4 Å². The molecule has 4 aromatic rings. The molecule has 0 N–H and O–H groups in total. The van der Waals surface area contributed by atoms with Gasteiger partial charge in [-0.2, -0.15) is 0 Å². The molecule has 174 valence electrons. The summed E-state index contributed by atoms with van der Waals surface area (Å²) in [4.78, 5) is 5.01. The SMILES string of the molecule is C[C@H](C1CCOCC1)n1c2cc(S(C)(=O)=O)ccc2c2ncc(-c3c(CF)nnn3C)cc21. The number of aryl methyl sites for hydroxylation is 1. The molecule has 1 aliphatic heterocycles. The first kappa shape index (κ1) is 22.0. The second-order valence-corrected chi connectivity index (χ2v) is 10.8. The van der Waals surface area contributed by atoms with Crippen LogP contribution in [0.25, 0.3) is 33.2 Å². The average molecular weight is 472 g/mol. The van der Waals surface area contributed by atoms with Crippen molar-refractivity contribution < 1.29 is 17.5 Å². The molecule has 8 nitrogen and oxygen atoms in total. The van der Waals surface area contributed by atoms with Crippen molar-refractivity contribution in [2.24, 2.45) is 13.0 Å². The standard InChI is InChI=1S/C23H26FN5O3S/c1-14(15-6-8-32-9-7-15)29-20-11-17(33(3,30)31)4-5-18(20)22-21(29)10-16(13-25-22)23-19(12-24)26-27-28(23)2/h4-5,10-11,13-15H,6-9,12H2,1-3H3/t14-/m1/s1. The van der Waals surface area contributed by atoms with Crippen LogP contribution in [0.15, 0.2) is 35.4 Å². The van der Waals surface area contributed by atoms with Crippen molar-refractivity contribution in [3.8, 4) is 11.3 Å². The van der Waals surface area contributed by atoms with Crippen molar-refractivity contribution in [1.82, 2.24) is 24.5 Å². The van der Waals surface area contributed by atoms with Crippen LogP contribution in [0.5, 0.6) is 0 Å². The summed E-state index contributed by atoms with van der Waals surface area (Å²) in [7, 11) is -1.65. The van der Waals surface area contributed by atoms with Gasteiger partial charge in [0.15, 0.2) is 9.84 Å². The molecular weight excluding hydrogens is 445 g/mol. The number of hydrogen-bond donors (Lipinski definition) is 0. The zero-order chi connectivity index (χ0) is 23.3. The maximum Gasteiger partial charge on any atom is 0.175 e. The normalized spacial score (nSPS) is 16.6. The van der Waals surface area contributed by atoms with E-state index in [1.807, 2.05) is 12.1 Å². The number of sulfone groups is 1. The molecule has 1 atom stereocenters. The predicted octanol–water partition coefficient (Wildman–Crippen LogP) is 3.85. The number of fused-ring (bicyclic) bond motifs is 3. The van der Waals surface area contributed by atoms with Gasteiger partial charge in [-0.25, -0.2) is 17.5 Å². The molecule has 10 heteroatoms. The minimum absolute atomic E-state index is 0.0890. The number of aromatic nitrogens is 5. The number of ether oxygens (including phenoxy) is 1. The van der Waals surface area contributed by atoms with E-state index < -0.39 is 16.5 Å². The molecule has 5 rings (SSSR count). The summed E-state index contributed by atoms with van der Waals surface area (Å²) in [5.74, 6) is 0.378. The van der Waals surface area contributed by atoms with Gasteiger partial charge in [0.1, 0.15) is 12.4 Å². The van der Waals surface area contributed by atoms with Crippen molar-refractivity contribution in [3.05, 3.63) is 36.2 Å². The van der Waals surface area contributed by atoms with E-state index in [9.17, 15) is 12.8 Å². The third-order valence-electron chi connectivity index (χ3n) is 6.69. The fraction of sp³-hybridized carbons (Fsp3) is 0.435. The van der Waals surface area contributed by atoms with Gasteiger partial charge in [-0.15, -0.1) is 5.10 Å². The zero-order valence-corrected chi connectivity index (χ0v) is 19.6. The minimum atomic E-state index is -3.37. The molecule has 4 heterocycles. The molecule has 3 aromatic heterocycles. The smallest absolute Gasteiger partial charge is 0.175 e. The van der Waals surface area contributed by atoms with Gasteiger partial charge in [0.05, 0.1) is 27.1 Å². The highest BCUT2D eigenvalue weighted by Gasteiger charge is 2.26. The summed E-state index contributed by atoms with van der Waals surface area (Å²) in [6.07, 6.45) is 4.78. The fourth-order valence-corrected chi connectivity index (χ4v) is 5.58.